The highest BCUT2D eigenvalue weighted by atomic mass is 79.9. The number of hydrogen-bond acceptors (Lipinski definition) is 3. The monoisotopic (exact) mass is 411 g/mol. The van der Waals surface area contributed by atoms with Crippen LogP contribution in [0.2, 0.25) is 0 Å². The standard InChI is InChI=1S/C12H15Br2NO3S/c1-8-5-10(14)11(6-9(8)13)19(17,18)15-12(7-16)3-2-4-12/h5-6,15-16H,2-4,7H2,1H3. The summed E-state index contributed by atoms with van der Waals surface area (Å²) in [5.74, 6) is 0. The van der Waals surface area contributed by atoms with Crippen molar-refractivity contribution in [1.29, 1.82) is 0 Å². The zero-order chi connectivity index (χ0) is 14.3. The molecule has 0 radical (unpaired) electrons. The van der Waals surface area contributed by atoms with E-state index in [1.807, 2.05) is 6.92 Å². The number of rotatable bonds is 4. The number of halogens is 2. The summed E-state index contributed by atoms with van der Waals surface area (Å²) in [7, 11) is -3.65. The van der Waals surface area contributed by atoms with Gasteiger partial charge in [-0.15, -0.1) is 0 Å². The Morgan fingerprint density at radius 1 is 1.32 bits per heavy atom. The fraction of sp³-hybridized carbons (Fsp3) is 0.500. The van der Waals surface area contributed by atoms with Gasteiger partial charge in [0.2, 0.25) is 10.0 Å². The predicted molar refractivity (Wildman–Crippen MR) is 80.6 cm³/mol. The summed E-state index contributed by atoms with van der Waals surface area (Å²) in [5, 5.41) is 9.37. The Kier molecular flexibility index (Phi) is 4.42. The van der Waals surface area contributed by atoms with Gasteiger partial charge in [-0.2, -0.15) is 0 Å². The van der Waals surface area contributed by atoms with Gasteiger partial charge in [0.05, 0.1) is 17.0 Å². The van der Waals surface area contributed by atoms with Crippen molar-refractivity contribution in [3.8, 4) is 0 Å². The van der Waals surface area contributed by atoms with Gasteiger partial charge < -0.3 is 5.11 Å². The molecule has 106 valence electrons. The number of aliphatic hydroxyl groups is 1. The van der Waals surface area contributed by atoms with Crippen molar-refractivity contribution >= 4 is 41.9 Å². The second-order valence-electron chi connectivity index (χ2n) is 4.93. The first-order valence-electron chi connectivity index (χ1n) is 5.90. The first-order chi connectivity index (χ1) is 8.80. The summed E-state index contributed by atoms with van der Waals surface area (Å²) >= 11 is 6.62. The summed E-state index contributed by atoms with van der Waals surface area (Å²) in [6, 6.07) is 3.33. The van der Waals surface area contributed by atoms with Crippen LogP contribution in [-0.2, 0) is 10.0 Å². The third-order valence-corrected chi connectivity index (χ3v) is 6.86. The Balaban J connectivity index is 2.37. The van der Waals surface area contributed by atoms with Crippen LogP contribution < -0.4 is 4.72 Å². The van der Waals surface area contributed by atoms with Crippen LogP contribution in [0.3, 0.4) is 0 Å². The molecule has 0 amide bonds. The van der Waals surface area contributed by atoms with Crippen molar-refractivity contribution in [2.24, 2.45) is 0 Å². The molecule has 1 fully saturated rings. The van der Waals surface area contributed by atoms with E-state index in [1.54, 1.807) is 12.1 Å². The van der Waals surface area contributed by atoms with Gasteiger partial charge in [-0.3, -0.25) is 0 Å². The fourth-order valence-corrected chi connectivity index (χ4v) is 5.20. The molecule has 0 heterocycles. The second-order valence-corrected chi connectivity index (χ2v) is 8.29. The minimum atomic E-state index is -3.65. The topological polar surface area (TPSA) is 66.4 Å². The molecule has 1 saturated carbocycles. The lowest BCUT2D eigenvalue weighted by atomic mass is 9.78. The second kappa shape index (κ2) is 5.44. The molecule has 2 N–H and O–H groups in total. The van der Waals surface area contributed by atoms with Gasteiger partial charge in [-0.1, -0.05) is 15.9 Å². The van der Waals surface area contributed by atoms with Crippen LogP contribution in [0.5, 0.6) is 0 Å². The minimum Gasteiger partial charge on any atom is -0.394 e. The fourth-order valence-electron chi connectivity index (χ4n) is 2.07. The molecule has 2 rings (SSSR count). The molecule has 0 unspecified atom stereocenters. The van der Waals surface area contributed by atoms with Crippen molar-refractivity contribution < 1.29 is 13.5 Å². The molecule has 1 aliphatic rings. The molecular formula is C12H15Br2NO3S. The Morgan fingerprint density at radius 2 is 1.95 bits per heavy atom. The van der Waals surface area contributed by atoms with Gasteiger partial charge in [0.15, 0.2) is 0 Å². The van der Waals surface area contributed by atoms with E-state index in [4.69, 9.17) is 0 Å². The van der Waals surface area contributed by atoms with Crippen molar-refractivity contribution in [3.05, 3.63) is 26.6 Å². The van der Waals surface area contributed by atoms with Gasteiger partial charge in [0, 0.05) is 8.95 Å². The molecule has 1 aromatic rings. The van der Waals surface area contributed by atoms with Gasteiger partial charge in [-0.25, -0.2) is 13.1 Å². The van der Waals surface area contributed by atoms with Gasteiger partial charge in [0.1, 0.15) is 0 Å². The van der Waals surface area contributed by atoms with Crippen molar-refractivity contribution in [1.82, 2.24) is 4.72 Å². The molecule has 0 bridgehead atoms. The average Bonchev–Trinajstić information content (AvgIpc) is 2.28. The number of hydrogen-bond donors (Lipinski definition) is 2. The van der Waals surface area contributed by atoms with E-state index >= 15 is 0 Å². The third kappa shape index (κ3) is 3.05. The SMILES string of the molecule is Cc1cc(Br)c(S(=O)(=O)NC2(CO)CCC2)cc1Br. The summed E-state index contributed by atoms with van der Waals surface area (Å²) < 4.78 is 28.7. The maximum Gasteiger partial charge on any atom is 0.242 e. The largest absolute Gasteiger partial charge is 0.394 e. The highest BCUT2D eigenvalue weighted by Crippen LogP contribution is 2.35. The average molecular weight is 413 g/mol. The quantitative estimate of drug-likeness (QED) is 0.798. The number of sulfonamides is 1. The maximum atomic E-state index is 12.4. The smallest absolute Gasteiger partial charge is 0.242 e. The first-order valence-corrected chi connectivity index (χ1v) is 8.97. The molecule has 0 aromatic heterocycles. The van der Waals surface area contributed by atoms with Crippen LogP contribution in [0.4, 0.5) is 0 Å². The maximum absolute atomic E-state index is 12.4. The van der Waals surface area contributed by atoms with Crippen molar-refractivity contribution in [2.45, 2.75) is 36.6 Å². The Morgan fingerprint density at radius 3 is 2.42 bits per heavy atom. The molecule has 19 heavy (non-hydrogen) atoms. The minimum absolute atomic E-state index is 0.170. The Labute approximate surface area is 129 Å². The highest BCUT2D eigenvalue weighted by Gasteiger charge is 2.40. The Bertz CT molecular complexity index is 592. The van der Waals surface area contributed by atoms with Crippen LogP contribution >= 0.6 is 31.9 Å². The third-order valence-electron chi connectivity index (χ3n) is 3.47. The lowest BCUT2D eigenvalue weighted by Gasteiger charge is -2.40. The van der Waals surface area contributed by atoms with E-state index in [0.29, 0.717) is 17.3 Å². The molecule has 1 aliphatic carbocycles. The van der Waals surface area contributed by atoms with E-state index in [-0.39, 0.29) is 11.5 Å². The van der Waals surface area contributed by atoms with Crippen LogP contribution in [0.25, 0.3) is 0 Å². The normalized spacial score (nSPS) is 18.1. The van der Waals surface area contributed by atoms with Crippen LogP contribution in [-0.4, -0.2) is 25.7 Å². The van der Waals surface area contributed by atoms with Crippen LogP contribution in [0.15, 0.2) is 26.0 Å². The number of nitrogens with one attached hydrogen (secondary N) is 1. The molecule has 1 aromatic carbocycles. The molecule has 7 heteroatoms. The van der Waals surface area contributed by atoms with Crippen molar-refractivity contribution in [2.75, 3.05) is 6.61 Å². The van der Waals surface area contributed by atoms with Crippen LogP contribution in [0, 0.1) is 6.92 Å². The summed E-state index contributed by atoms with van der Waals surface area (Å²) in [4.78, 5) is 0.185. The lowest BCUT2D eigenvalue weighted by Crippen LogP contribution is -2.56. The summed E-state index contributed by atoms with van der Waals surface area (Å²) in [6.07, 6.45) is 2.28. The molecule has 4 nitrogen and oxygen atoms in total. The Hall–Kier alpha value is 0.0500. The molecule has 0 spiro atoms. The predicted octanol–water partition coefficient (Wildman–Crippen LogP) is 2.71. The summed E-state index contributed by atoms with van der Waals surface area (Å²) in [6.45, 7) is 1.72. The van der Waals surface area contributed by atoms with E-state index in [0.717, 1.165) is 16.5 Å². The molecule has 0 saturated heterocycles. The number of aryl methyl sites for hydroxylation is 1. The lowest BCUT2D eigenvalue weighted by molar-refractivity contribution is 0.110. The summed E-state index contributed by atoms with van der Waals surface area (Å²) in [5.41, 5.74) is 0.265. The zero-order valence-corrected chi connectivity index (χ0v) is 14.4. The van der Waals surface area contributed by atoms with Gasteiger partial charge in [-0.05, 0) is 59.8 Å². The van der Waals surface area contributed by atoms with Gasteiger partial charge in [0.25, 0.3) is 0 Å². The molecular weight excluding hydrogens is 398 g/mol. The highest BCUT2D eigenvalue weighted by molar-refractivity contribution is 9.11. The van der Waals surface area contributed by atoms with E-state index in [1.165, 1.54) is 0 Å². The number of aliphatic hydroxyl groups excluding tert-OH is 1. The molecule has 0 aliphatic heterocycles. The van der Waals surface area contributed by atoms with Crippen LogP contribution in [0.1, 0.15) is 24.8 Å². The zero-order valence-electron chi connectivity index (χ0n) is 10.4. The van der Waals surface area contributed by atoms with Gasteiger partial charge >= 0.3 is 0 Å². The molecule has 0 atom stereocenters. The number of benzene rings is 1. The van der Waals surface area contributed by atoms with E-state index in [2.05, 4.69) is 36.6 Å². The first kappa shape index (κ1) is 15.4. The van der Waals surface area contributed by atoms with E-state index in [9.17, 15) is 13.5 Å². The van der Waals surface area contributed by atoms with E-state index < -0.39 is 15.6 Å². The van der Waals surface area contributed by atoms with Crippen molar-refractivity contribution in [3.63, 3.8) is 0 Å².